The second kappa shape index (κ2) is 8.70. The van der Waals surface area contributed by atoms with Gasteiger partial charge >= 0.3 is 0 Å². The van der Waals surface area contributed by atoms with Gasteiger partial charge in [-0.2, -0.15) is 0 Å². The van der Waals surface area contributed by atoms with E-state index in [0.29, 0.717) is 5.75 Å². The molecule has 0 fully saturated rings. The Morgan fingerprint density at radius 1 is 0.806 bits per heavy atom. The van der Waals surface area contributed by atoms with Gasteiger partial charge in [0.15, 0.2) is 0 Å². The molecule has 3 aromatic carbocycles. The fourth-order valence-corrected chi connectivity index (χ4v) is 4.62. The Morgan fingerprint density at radius 2 is 1.39 bits per heavy atom. The zero-order chi connectivity index (χ0) is 25.6. The van der Waals surface area contributed by atoms with Gasteiger partial charge < -0.3 is 13.9 Å². The molecule has 180 valence electrons. The Hall–Kier alpha value is -4.92. The van der Waals surface area contributed by atoms with Crippen LogP contribution < -0.4 is 4.74 Å². The van der Waals surface area contributed by atoms with Crippen LogP contribution >= 0.6 is 0 Å². The van der Waals surface area contributed by atoms with Crippen molar-refractivity contribution in [2.24, 2.45) is 14.1 Å². The number of aromatic nitrogens is 2. The third kappa shape index (κ3) is 3.76. The lowest BCUT2D eigenvalue weighted by atomic mass is 10.00. The molecule has 0 saturated heterocycles. The van der Waals surface area contributed by atoms with Gasteiger partial charge in [0.1, 0.15) is 5.75 Å². The quantitative estimate of drug-likeness (QED) is 0.215. The number of methoxy groups -OCH3 is 1. The number of aryl methyl sites for hydroxylation is 2. The predicted molar refractivity (Wildman–Crippen MR) is 139 cm³/mol. The summed E-state index contributed by atoms with van der Waals surface area (Å²) in [5.74, 6) is 0.675. The Balaban J connectivity index is 1.78. The fourth-order valence-electron chi connectivity index (χ4n) is 4.62. The summed E-state index contributed by atoms with van der Waals surface area (Å²) >= 11 is 0. The van der Waals surface area contributed by atoms with E-state index in [1.807, 2.05) is 65.7 Å². The number of non-ortho nitro benzene ring substituents is 2. The first-order valence-electron chi connectivity index (χ1n) is 11.1. The van der Waals surface area contributed by atoms with Crippen molar-refractivity contribution in [1.29, 1.82) is 0 Å². The van der Waals surface area contributed by atoms with Crippen LogP contribution in [0.4, 0.5) is 11.4 Å². The average Bonchev–Trinajstić information content (AvgIpc) is 3.37. The molecule has 0 unspecified atom stereocenters. The molecule has 2 aromatic heterocycles. The zero-order valence-corrected chi connectivity index (χ0v) is 19.8. The summed E-state index contributed by atoms with van der Waals surface area (Å²) in [5, 5.41) is 24.1. The highest BCUT2D eigenvalue weighted by Gasteiger charge is 2.19. The van der Waals surface area contributed by atoms with Crippen molar-refractivity contribution in [2.75, 3.05) is 7.11 Å². The first kappa shape index (κ1) is 22.9. The van der Waals surface area contributed by atoms with E-state index < -0.39 is 9.85 Å². The van der Waals surface area contributed by atoms with Crippen molar-refractivity contribution in [3.63, 3.8) is 0 Å². The molecule has 5 aromatic rings. The van der Waals surface area contributed by atoms with Crippen molar-refractivity contribution in [1.82, 2.24) is 9.13 Å². The van der Waals surface area contributed by atoms with Gasteiger partial charge in [-0.05, 0) is 36.4 Å². The molecule has 0 spiro atoms. The van der Waals surface area contributed by atoms with Crippen molar-refractivity contribution in [2.45, 2.75) is 0 Å². The van der Waals surface area contributed by atoms with E-state index in [4.69, 9.17) is 4.74 Å². The van der Waals surface area contributed by atoms with E-state index in [1.54, 1.807) is 31.4 Å². The van der Waals surface area contributed by atoms with Gasteiger partial charge in [0.25, 0.3) is 11.4 Å². The smallest absolute Gasteiger partial charge is 0.270 e. The maximum Gasteiger partial charge on any atom is 0.270 e. The van der Waals surface area contributed by atoms with Gasteiger partial charge in [-0.1, -0.05) is 18.2 Å². The number of ether oxygens (including phenoxy) is 1. The summed E-state index contributed by atoms with van der Waals surface area (Å²) in [6.07, 6.45) is 2.01. The summed E-state index contributed by atoms with van der Waals surface area (Å²) < 4.78 is 9.63. The van der Waals surface area contributed by atoms with Gasteiger partial charge in [-0.3, -0.25) is 20.2 Å². The minimum Gasteiger partial charge on any atom is -0.496 e. The summed E-state index contributed by atoms with van der Waals surface area (Å²) in [6, 6.07) is 21.1. The molecule has 0 atom stereocenters. The van der Waals surface area contributed by atoms with Crippen LogP contribution in [0.3, 0.4) is 0 Å². The third-order valence-corrected chi connectivity index (χ3v) is 6.48. The Labute approximate surface area is 205 Å². The van der Waals surface area contributed by atoms with Gasteiger partial charge in [-0.15, -0.1) is 0 Å². The molecule has 0 N–H and O–H groups in total. The van der Waals surface area contributed by atoms with Crippen molar-refractivity contribution >= 4 is 44.8 Å². The number of nitrogens with zero attached hydrogens (tertiary/aromatic N) is 4. The van der Waals surface area contributed by atoms with E-state index in [1.165, 1.54) is 12.1 Å². The van der Waals surface area contributed by atoms with E-state index in [-0.39, 0.29) is 11.4 Å². The summed E-state index contributed by atoms with van der Waals surface area (Å²) in [4.78, 5) is 21.8. The molecule has 0 saturated carbocycles. The third-order valence-electron chi connectivity index (χ3n) is 6.48. The van der Waals surface area contributed by atoms with Gasteiger partial charge in [-0.25, -0.2) is 0 Å². The summed E-state index contributed by atoms with van der Waals surface area (Å²) in [6.45, 7) is 0. The second-order valence-corrected chi connectivity index (χ2v) is 8.48. The molecule has 2 heterocycles. The molecule has 0 radical (unpaired) electrons. The Bertz CT molecular complexity index is 1710. The normalized spacial score (nSPS) is 11.8. The summed E-state index contributed by atoms with van der Waals surface area (Å²) in [5.41, 5.74) is 5.13. The zero-order valence-electron chi connectivity index (χ0n) is 19.8. The van der Waals surface area contributed by atoms with Crippen LogP contribution in [0, 0.1) is 20.2 Å². The number of hydrogen-bond donors (Lipinski definition) is 0. The first-order chi connectivity index (χ1) is 17.3. The minimum atomic E-state index is -0.406. The molecular formula is C27H22N4O5. The van der Waals surface area contributed by atoms with Crippen LogP contribution in [0.1, 0.15) is 17.0 Å². The number of benzene rings is 3. The predicted octanol–water partition coefficient (Wildman–Crippen LogP) is 6.08. The van der Waals surface area contributed by atoms with Crippen LogP contribution in [0.5, 0.6) is 5.75 Å². The molecule has 0 bridgehead atoms. The lowest BCUT2D eigenvalue weighted by molar-refractivity contribution is -0.384. The molecular weight excluding hydrogens is 460 g/mol. The molecule has 0 amide bonds. The molecule has 9 nitrogen and oxygen atoms in total. The lowest BCUT2D eigenvalue weighted by Gasteiger charge is -2.14. The molecule has 0 aliphatic carbocycles. The van der Waals surface area contributed by atoms with Crippen molar-refractivity contribution in [3.05, 3.63) is 110 Å². The number of nitro benzene ring substituents is 2. The standard InChI is InChI=1S/C27H22N4O5/c1-28-21(14-17-12-19(30(32)33)8-10-24(17)28)16-23(22-6-4-5-7-27(22)36-3)26-15-18-13-20(31(34)35)9-11-25(18)29(26)2/h4-16H,1-3H3. The molecule has 36 heavy (non-hydrogen) atoms. The van der Waals surface area contributed by atoms with Gasteiger partial charge in [0, 0.05) is 82.7 Å². The van der Waals surface area contributed by atoms with E-state index in [0.717, 1.165) is 44.3 Å². The van der Waals surface area contributed by atoms with Gasteiger partial charge in [0.2, 0.25) is 0 Å². The molecule has 0 aliphatic rings. The maximum atomic E-state index is 11.3. The minimum absolute atomic E-state index is 0.0257. The average molecular weight is 482 g/mol. The SMILES string of the molecule is COc1ccccc1C(=Cc1cc2cc([N+](=O)[O-])ccc2n1C)c1cc2cc([N+](=O)[O-])ccc2n1C. The van der Waals surface area contributed by atoms with Crippen LogP contribution in [0.25, 0.3) is 33.5 Å². The maximum absolute atomic E-state index is 11.3. The van der Waals surface area contributed by atoms with E-state index >= 15 is 0 Å². The summed E-state index contributed by atoms with van der Waals surface area (Å²) in [7, 11) is 5.43. The lowest BCUT2D eigenvalue weighted by Crippen LogP contribution is -2.00. The topological polar surface area (TPSA) is 105 Å². The number of rotatable bonds is 6. The Morgan fingerprint density at radius 3 is 2.00 bits per heavy atom. The van der Waals surface area contributed by atoms with Crippen molar-refractivity contribution in [3.8, 4) is 5.75 Å². The number of para-hydroxylation sites is 1. The number of fused-ring (bicyclic) bond motifs is 2. The number of nitro groups is 2. The highest BCUT2D eigenvalue weighted by atomic mass is 16.6. The monoisotopic (exact) mass is 482 g/mol. The largest absolute Gasteiger partial charge is 0.496 e. The highest BCUT2D eigenvalue weighted by Crippen LogP contribution is 2.37. The van der Waals surface area contributed by atoms with E-state index in [9.17, 15) is 20.2 Å². The van der Waals surface area contributed by atoms with Crippen LogP contribution in [-0.4, -0.2) is 26.1 Å². The number of hydrogen-bond acceptors (Lipinski definition) is 5. The van der Waals surface area contributed by atoms with Crippen LogP contribution in [0.2, 0.25) is 0 Å². The second-order valence-electron chi connectivity index (χ2n) is 8.48. The van der Waals surface area contributed by atoms with Crippen LogP contribution in [0.15, 0.2) is 72.8 Å². The first-order valence-corrected chi connectivity index (χ1v) is 11.1. The van der Waals surface area contributed by atoms with Crippen LogP contribution in [-0.2, 0) is 14.1 Å². The van der Waals surface area contributed by atoms with E-state index in [2.05, 4.69) is 0 Å². The van der Waals surface area contributed by atoms with Gasteiger partial charge in [0.05, 0.1) is 17.0 Å². The molecule has 9 heteroatoms. The fraction of sp³-hybridized carbons (Fsp3) is 0.111. The highest BCUT2D eigenvalue weighted by molar-refractivity contribution is 5.98. The van der Waals surface area contributed by atoms with Crippen molar-refractivity contribution < 1.29 is 14.6 Å². The molecule has 0 aliphatic heterocycles. The molecule has 5 rings (SSSR count). The Kier molecular flexibility index (Phi) is 5.52.